The quantitative estimate of drug-likeness (QED) is 0.637. The second kappa shape index (κ2) is 5.19. The summed E-state index contributed by atoms with van der Waals surface area (Å²) in [7, 11) is 0. The molecule has 0 atom stereocenters. The summed E-state index contributed by atoms with van der Waals surface area (Å²) in [5.74, 6) is 0. The van der Waals surface area contributed by atoms with E-state index in [9.17, 15) is 0 Å². The van der Waals surface area contributed by atoms with E-state index in [1.54, 1.807) is 0 Å². The molecule has 2 N–H and O–H groups in total. The van der Waals surface area contributed by atoms with Crippen molar-refractivity contribution in [3.05, 3.63) is 59.7 Å². The van der Waals surface area contributed by atoms with Crippen LogP contribution >= 0.6 is 0 Å². The SMILES string of the molecule is Cc1ccc([SH+]c2ccc(CN)cc2)cc1. The van der Waals surface area contributed by atoms with E-state index in [1.807, 2.05) is 0 Å². The predicted molar refractivity (Wildman–Crippen MR) is 70.8 cm³/mol. The van der Waals surface area contributed by atoms with Gasteiger partial charge in [0.05, 0.1) is 0 Å². The number of nitrogens with two attached hydrogens (primary N) is 1. The van der Waals surface area contributed by atoms with Crippen LogP contribution in [0.5, 0.6) is 0 Å². The molecule has 0 aliphatic rings. The molecular weight excluding hydrogens is 214 g/mol. The zero-order chi connectivity index (χ0) is 11.4. The summed E-state index contributed by atoms with van der Waals surface area (Å²) in [6.45, 7) is 2.72. The Balaban J connectivity index is 2.11. The zero-order valence-electron chi connectivity index (χ0n) is 9.35. The molecule has 0 aliphatic heterocycles. The van der Waals surface area contributed by atoms with Crippen molar-refractivity contribution >= 4 is 11.8 Å². The number of rotatable bonds is 3. The van der Waals surface area contributed by atoms with E-state index in [-0.39, 0.29) is 0 Å². The van der Waals surface area contributed by atoms with Gasteiger partial charge >= 0.3 is 0 Å². The molecule has 1 nitrogen and oxygen atoms in total. The third kappa shape index (κ3) is 2.87. The monoisotopic (exact) mass is 230 g/mol. The molecule has 0 unspecified atom stereocenters. The molecule has 0 spiro atoms. The highest BCUT2D eigenvalue weighted by Gasteiger charge is 2.05. The first-order valence-corrected chi connectivity index (χ1v) is 6.25. The largest absolute Gasteiger partial charge is 0.326 e. The van der Waals surface area contributed by atoms with Gasteiger partial charge in [-0.3, -0.25) is 0 Å². The Morgan fingerprint density at radius 2 is 1.38 bits per heavy atom. The maximum Gasteiger partial charge on any atom is 0.158 e. The minimum Gasteiger partial charge on any atom is -0.326 e. The fraction of sp³-hybridized carbons (Fsp3) is 0.143. The van der Waals surface area contributed by atoms with Crippen LogP contribution in [0.25, 0.3) is 0 Å². The van der Waals surface area contributed by atoms with Gasteiger partial charge in [0, 0.05) is 18.3 Å². The first-order valence-electron chi connectivity index (χ1n) is 5.35. The van der Waals surface area contributed by atoms with Crippen LogP contribution in [-0.2, 0) is 18.3 Å². The third-order valence-electron chi connectivity index (χ3n) is 2.46. The molecule has 0 fully saturated rings. The molecule has 2 aromatic rings. The van der Waals surface area contributed by atoms with Crippen molar-refractivity contribution in [1.29, 1.82) is 0 Å². The van der Waals surface area contributed by atoms with E-state index >= 15 is 0 Å². The van der Waals surface area contributed by atoms with Gasteiger partial charge in [0.2, 0.25) is 0 Å². The van der Waals surface area contributed by atoms with Crippen LogP contribution in [0.3, 0.4) is 0 Å². The molecule has 0 aliphatic carbocycles. The topological polar surface area (TPSA) is 26.0 Å². The van der Waals surface area contributed by atoms with E-state index in [0.29, 0.717) is 6.54 Å². The van der Waals surface area contributed by atoms with Crippen LogP contribution in [-0.4, -0.2) is 0 Å². The summed E-state index contributed by atoms with van der Waals surface area (Å²) < 4.78 is 0. The molecule has 2 heteroatoms. The maximum absolute atomic E-state index is 5.57. The number of benzene rings is 2. The van der Waals surface area contributed by atoms with Gasteiger partial charge in [-0.05, 0) is 36.8 Å². The van der Waals surface area contributed by atoms with Crippen molar-refractivity contribution in [2.75, 3.05) is 0 Å². The zero-order valence-corrected chi connectivity index (χ0v) is 10.2. The second-order valence-corrected chi connectivity index (χ2v) is 5.07. The fourth-order valence-corrected chi connectivity index (χ4v) is 2.37. The van der Waals surface area contributed by atoms with E-state index in [1.165, 1.54) is 32.7 Å². The minimum absolute atomic E-state index is 0.613. The molecule has 0 heterocycles. The first-order chi connectivity index (χ1) is 7.78. The van der Waals surface area contributed by atoms with Gasteiger partial charge in [-0.25, -0.2) is 0 Å². The third-order valence-corrected chi connectivity index (χ3v) is 3.58. The molecule has 2 aromatic carbocycles. The second-order valence-electron chi connectivity index (χ2n) is 3.82. The Kier molecular flexibility index (Phi) is 3.65. The molecule has 2 rings (SSSR count). The number of thiol groups is 1. The Bertz CT molecular complexity index is 445. The van der Waals surface area contributed by atoms with Crippen LogP contribution in [0.4, 0.5) is 0 Å². The van der Waals surface area contributed by atoms with Crippen molar-refractivity contribution in [2.24, 2.45) is 5.73 Å². The molecular formula is C14H16NS+. The fourth-order valence-electron chi connectivity index (χ4n) is 1.47. The summed E-state index contributed by atoms with van der Waals surface area (Å²) in [4.78, 5) is 2.63. The molecule has 0 saturated heterocycles. The molecule has 0 radical (unpaired) electrons. The first kappa shape index (κ1) is 11.2. The molecule has 0 bridgehead atoms. The van der Waals surface area contributed by atoms with E-state index in [2.05, 4.69) is 55.5 Å². The van der Waals surface area contributed by atoms with Gasteiger partial charge in [0.25, 0.3) is 0 Å². The Morgan fingerprint density at radius 1 is 0.875 bits per heavy atom. The highest BCUT2D eigenvalue weighted by atomic mass is 32.2. The van der Waals surface area contributed by atoms with Crippen LogP contribution in [0.1, 0.15) is 11.1 Å². The van der Waals surface area contributed by atoms with Gasteiger partial charge in [0.1, 0.15) is 0 Å². The van der Waals surface area contributed by atoms with Crippen LogP contribution in [0, 0.1) is 6.92 Å². The molecule has 82 valence electrons. The molecule has 0 amide bonds. The average molecular weight is 230 g/mol. The number of aryl methyl sites for hydroxylation is 1. The lowest BCUT2D eigenvalue weighted by atomic mass is 10.2. The van der Waals surface area contributed by atoms with Crippen molar-refractivity contribution in [2.45, 2.75) is 23.3 Å². The lowest BCUT2D eigenvalue weighted by Crippen LogP contribution is -1.95. The Hall–Kier alpha value is -1.25. The van der Waals surface area contributed by atoms with Gasteiger partial charge in [-0.1, -0.05) is 29.8 Å². The van der Waals surface area contributed by atoms with Crippen LogP contribution in [0.2, 0.25) is 0 Å². The highest BCUT2D eigenvalue weighted by molar-refractivity contribution is 7.78. The van der Waals surface area contributed by atoms with Gasteiger partial charge in [-0.15, -0.1) is 0 Å². The summed E-state index contributed by atoms with van der Waals surface area (Å²) in [6.07, 6.45) is 0. The number of hydrogen-bond donors (Lipinski definition) is 1. The van der Waals surface area contributed by atoms with E-state index < -0.39 is 0 Å². The molecule has 16 heavy (non-hydrogen) atoms. The van der Waals surface area contributed by atoms with Crippen molar-refractivity contribution in [3.63, 3.8) is 0 Å². The molecule has 0 saturated carbocycles. The van der Waals surface area contributed by atoms with Gasteiger partial charge in [-0.2, -0.15) is 0 Å². The smallest absolute Gasteiger partial charge is 0.158 e. The maximum atomic E-state index is 5.57. The summed E-state index contributed by atoms with van der Waals surface area (Å²) in [5.41, 5.74) is 8.05. The number of hydrogen-bond acceptors (Lipinski definition) is 1. The summed E-state index contributed by atoms with van der Waals surface area (Å²) in [5, 5.41) is 0. The van der Waals surface area contributed by atoms with E-state index in [4.69, 9.17) is 5.73 Å². The Morgan fingerprint density at radius 3 is 1.88 bits per heavy atom. The summed E-state index contributed by atoms with van der Waals surface area (Å²) >= 11 is 1.25. The predicted octanol–water partition coefficient (Wildman–Crippen LogP) is 2.69. The summed E-state index contributed by atoms with van der Waals surface area (Å²) in [6, 6.07) is 17.1. The van der Waals surface area contributed by atoms with Crippen molar-refractivity contribution in [3.8, 4) is 0 Å². The minimum atomic E-state index is 0.613. The average Bonchev–Trinajstić information content (AvgIpc) is 2.33. The van der Waals surface area contributed by atoms with Crippen LogP contribution in [0.15, 0.2) is 58.3 Å². The lowest BCUT2D eigenvalue weighted by molar-refractivity contribution is 1.07. The van der Waals surface area contributed by atoms with Crippen LogP contribution < -0.4 is 5.73 Å². The van der Waals surface area contributed by atoms with E-state index in [0.717, 1.165) is 0 Å². The standard InChI is InChI=1S/C14H15NS/c1-11-2-6-13(7-3-11)16-14-8-4-12(10-15)5-9-14/h2-9H,10,15H2,1H3/p+1. The van der Waals surface area contributed by atoms with Crippen molar-refractivity contribution < 1.29 is 0 Å². The van der Waals surface area contributed by atoms with Gasteiger partial charge < -0.3 is 5.73 Å². The molecule has 0 aromatic heterocycles. The van der Waals surface area contributed by atoms with Crippen molar-refractivity contribution in [1.82, 2.24) is 0 Å². The Labute approximate surface area is 101 Å². The highest BCUT2D eigenvalue weighted by Crippen LogP contribution is 2.14. The lowest BCUT2D eigenvalue weighted by Gasteiger charge is -1.96. The normalized spacial score (nSPS) is 10.4. The van der Waals surface area contributed by atoms with Gasteiger partial charge in [0.15, 0.2) is 9.79 Å².